The molecule has 37 heavy (non-hydrogen) atoms. The van der Waals surface area contributed by atoms with Gasteiger partial charge in [0.2, 0.25) is 5.91 Å². The molecule has 4 aromatic heterocycles. The van der Waals surface area contributed by atoms with Crippen LogP contribution in [0.15, 0.2) is 22.7 Å². The molecule has 0 radical (unpaired) electrons. The van der Waals surface area contributed by atoms with E-state index < -0.39 is 35.8 Å². The number of thiophene rings is 2. The van der Waals surface area contributed by atoms with Crippen molar-refractivity contribution in [2.45, 2.75) is 39.4 Å². The molecule has 4 heterocycles. The minimum absolute atomic E-state index is 0.0150. The van der Waals surface area contributed by atoms with Crippen LogP contribution in [-0.2, 0) is 17.5 Å². The highest BCUT2D eigenvalue weighted by Crippen LogP contribution is 2.44. The maximum Gasteiger partial charge on any atom is 0.436 e. The Bertz CT molecular complexity index is 1530. The molecule has 2 amide bonds. The minimum Gasteiger partial charge on any atom is -0.365 e. The van der Waals surface area contributed by atoms with Crippen molar-refractivity contribution in [1.82, 2.24) is 14.8 Å². The highest BCUT2D eigenvalue weighted by Gasteiger charge is 2.38. The van der Waals surface area contributed by atoms with Gasteiger partial charge in [0, 0.05) is 27.1 Å². The van der Waals surface area contributed by atoms with E-state index in [9.17, 15) is 31.5 Å². The second kappa shape index (κ2) is 10.1. The van der Waals surface area contributed by atoms with Gasteiger partial charge in [0.15, 0.2) is 5.69 Å². The molecule has 0 saturated carbocycles. The van der Waals surface area contributed by atoms with Crippen molar-refractivity contribution in [3.05, 3.63) is 49.5 Å². The third-order valence-electron chi connectivity index (χ3n) is 5.35. The number of nitrogens with one attached hydrogen (secondary N) is 1. The number of nitrogens with two attached hydrogens (primary N) is 1. The Morgan fingerprint density at radius 3 is 2.46 bits per heavy atom. The fourth-order valence-corrected chi connectivity index (χ4v) is 6.04. The van der Waals surface area contributed by atoms with E-state index in [1.54, 1.807) is 12.1 Å². The molecular weight excluding hydrogens is 605 g/mol. The van der Waals surface area contributed by atoms with Crippen molar-refractivity contribution in [1.29, 1.82) is 0 Å². The van der Waals surface area contributed by atoms with Crippen molar-refractivity contribution in [3.63, 3.8) is 0 Å². The average molecular weight is 622 g/mol. The Kier molecular flexibility index (Phi) is 7.41. The molecule has 15 heteroatoms. The highest BCUT2D eigenvalue weighted by atomic mass is 79.9. The number of anilines is 1. The number of amides is 2. The standard InChI is InChI=1S/C22H17BrF5N5O2S2/c1-8-3-4-12(36-8)10-7-11(19(24)25)30-21-14(10)16(17(37-21)20(29)35)31-13(34)5-6-33-9(2)15(23)18(32-33)22(26,27)28/h3-4,7,19H,5-6H2,1-2H3,(H2,29,35)(H,31,34). The first kappa shape index (κ1) is 27.1. The zero-order chi connectivity index (χ0) is 27.2. The molecule has 0 fully saturated rings. The number of alkyl halides is 5. The maximum atomic E-state index is 13.6. The van der Waals surface area contributed by atoms with Crippen LogP contribution in [0.5, 0.6) is 0 Å². The quantitative estimate of drug-likeness (QED) is 0.225. The number of hydrogen-bond acceptors (Lipinski definition) is 6. The fraction of sp³-hybridized carbons (Fsp3) is 0.273. The number of pyridine rings is 1. The maximum absolute atomic E-state index is 13.6. The first-order chi connectivity index (χ1) is 17.3. The van der Waals surface area contributed by atoms with Gasteiger partial charge in [0.05, 0.1) is 22.4 Å². The number of carbonyl (C=O) groups excluding carboxylic acids is 2. The van der Waals surface area contributed by atoms with Crippen molar-refractivity contribution < 1.29 is 31.5 Å². The van der Waals surface area contributed by atoms with Crippen LogP contribution in [0.1, 0.15) is 44.5 Å². The number of halogens is 6. The third kappa shape index (κ3) is 5.38. The van der Waals surface area contributed by atoms with E-state index in [-0.39, 0.29) is 43.9 Å². The molecule has 4 aromatic rings. The summed E-state index contributed by atoms with van der Waals surface area (Å²) in [5.74, 6) is -1.54. The molecule has 0 aliphatic carbocycles. The predicted octanol–water partition coefficient (Wildman–Crippen LogP) is 6.68. The average Bonchev–Trinajstić information content (AvgIpc) is 3.48. The summed E-state index contributed by atoms with van der Waals surface area (Å²) in [6.07, 6.45) is -7.85. The first-order valence-corrected chi connectivity index (χ1v) is 12.9. The number of rotatable bonds is 7. The number of fused-ring (bicyclic) bond motifs is 1. The summed E-state index contributed by atoms with van der Waals surface area (Å²) in [6.45, 7) is 3.07. The monoisotopic (exact) mass is 621 g/mol. The van der Waals surface area contributed by atoms with Crippen LogP contribution in [0.25, 0.3) is 20.7 Å². The fourth-order valence-electron chi connectivity index (χ4n) is 3.63. The number of nitrogens with zero attached hydrogens (tertiary/aromatic N) is 3. The molecule has 196 valence electrons. The Morgan fingerprint density at radius 2 is 1.92 bits per heavy atom. The van der Waals surface area contributed by atoms with Gasteiger partial charge < -0.3 is 11.1 Å². The summed E-state index contributed by atoms with van der Waals surface area (Å²) in [5, 5.41) is 6.41. The second-order valence-corrected chi connectivity index (χ2v) is 11.0. The number of hydrogen-bond donors (Lipinski definition) is 2. The van der Waals surface area contributed by atoms with Gasteiger partial charge in [0.25, 0.3) is 12.3 Å². The number of primary amides is 1. The van der Waals surface area contributed by atoms with Gasteiger partial charge in [-0.05, 0) is 48.0 Å². The molecule has 0 aromatic carbocycles. The smallest absolute Gasteiger partial charge is 0.365 e. The van der Waals surface area contributed by atoms with Gasteiger partial charge >= 0.3 is 6.18 Å². The third-order valence-corrected chi connectivity index (χ3v) is 8.43. The van der Waals surface area contributed by atoms with Gasteiger partial charge in [0.1, 0.15) is 15.4 Å². The highest BCUT2D eigenvalue weighted by molar-refractivity contribution is 9.10. The van der Waals surface area contributed by atoms with E-state index in [1.165, 1.54) is 24.3 Å². The van der Waals surface area contributed by atoms with Crippen LogP contribution >= 0.6 is 38.6 Å². The lowest BCUT2D eigenvalue weighted by Gasteiger charge is -2.10. The van der Waals surface area contributed by atoms with Crippen LogP contribution < -0.4 is 11.1 Å². The molecular formula is C22H17BrF5N5O2S2. The predicted molar refractivity (Wildman–Crippen MR) is 134 cm³/mol. The second-order valence-electron chi connectivity index (χ2n) is 7.92. The number of aryl methyl sites for hydroxylation is 2. The molecule has 0 unspecified atom stereocenters. The van der Waals surface area contributed by atoms with Crippen molar-refractivity contribution in [2.75, 3.05) is 5.32 Å². The summed E-state index contributed by atoms with van der Waals surface area (Å²) in [7, 11) is 0. The van der Waals surface area contributed by atoms with Gasteiger partial charge in [-0.3, -0.25) is 14.3 Å². The van der Waals surface area contributed by atoms with Crippen LogP contribution in [-0.4, -0.2) is 26.6 Å². The Balaban J connectivity index is 1.72. The summed E-state index contributed by atoms with van der Waals surface area (Å²) in [4.78, 5) is 30.5. The molecule has 0 atom stereocenters. The topological polar surface area (TPSA) is 103 Å². The summed E-state index contributed by atoms with van der Waals surface area (Å²) >= 11 is 4.98. The molecule has 7 nitrogen and oxygen atoms in total. The molecule has 0 saturated heterocycles. The Morgan fingerprint density at radius 1 is 1.22 bits per heavy atom. The van der Waals surface area contributed by atoms with E-state index in [0.29, 0.717) is 10.4 Å². The first-order valence-electron chi connectivity index (χ1n) is 10.5. The lowest BCUT2D eigenvalue weighted by molar-refractivity contribution is -0.142. The van der Waals surface area contributed by atoms with E-state index in [4.69, 9.17) is 5.73 Å². The van der Waals surface area contributed by atoms with E-state index in [2.05, 4.69) is 31.3 Å². The number of aromatic nitrogens is 3. The summed E-state index contributed by atoms with van der Waals surface area (Å²) < 4.78 is 67.4. The molecule has 0 bridgehead atoms. The van der Waals surface area contributed by atoms with E-state index in [0.717, 1.165) is 20.9 Å². The Labute approximate surface area is 222 Å². The zero-order valence-electron chi connectivity index (χ0n) is 19.0. The lowest BCUT2D eigenvalue weighted by Crippen LogP contribution is -2.19. The normalized spacial score (nSPS) is 12.0. The van der Waals surface area contributed by atoms with Gasteiger partial charge in [-0.15, -0.1) is 22.7 Å². The zero-order valence-corrected chi connectivity index (χ0v) is 22.3. The lowest BCUT2D eigenvalue weighted by atomic mass is 10.1. The molecule has 4 rings (SSSR count). The largest absolute Gasteiger partial charge is 0.436 e. The summed E-state index contributed by atoms with van der Waals surface area (Å²) in [6, 6.07) is 4.73. The molecule has 0 spiro atoms. The van der Waals surface area contributed by atoms with Crippen molar-refractivity contribution >= 4 is 66.3 Å². The summed E-state index contributed by atoms with van der Waals surface area (Å²) in [5.41, 5.74) is 4.45. The van der Waals surface area contributed by atoms with Crippen LogP contribution in [0.4, 0.5) is 27.6 Å². The van der Waals surface area contributed by atoms with Gasteiger partial charge in [-0.25, -0.2) is 13.8 Å². The Hall–Kier alpha value is -2.91. The molecule has 3 N–H and O–H groups in total. The number of carbonyl (C=O) groups is 2. The van der Waals surface area contributed by atoms with Crippen LogP contribution in [0.2, 0.25) is 0 Å². The van der Waals surface area contributed by atoms with Crippen LogP contribution in [0.3, 0.4) is 0 Å². The molecule has 0 aliphatic heterocycles. The minimum atomic E-state index is -4.68. The van der Waals surface area contributed by atoms with E-state index >= 15 is 0 Å². The molecule has 0 aliphatic rings. The SMILES string of the molecule is Cc1ccc(-c2cc(C(F)F)nc3sc(C(N)=O)c(NC(=O)CCn4nc(C(F)(F)F)c(Br)c4C)c23)s1. The van der Waals surface area contributed by atoms with E-state index in [1.807, 2.05) is 6.92 Å². The van der Waals surface area contributed by atoms with Gasteiger partial charge in [-0.2, -0.15) is 18.3 Å². The van der Waals surface area contributed by atoms with Crippen LogP contribution in [0, 0.1) is 13.8 Å². The van der Waals surface area contributed by atoms with Gasteiger partial charge in [-0.1, -0.05) is 0 Å². The van der Waals surface area contributed by atoms with Crippen molar-refractivity contribution in [2.24, 2.45) is 5.73 Å². The van der Waals surface area contributed by atoms with Crippen molar-refractivity contribution in [3.8, 4) is 10.4 Å².